The largest absolute Gasteiger partial charge is 0.369 e. The van der Waals surface area contributed by atoms with E-state index < -0.39 is 0 Å². The van der Waals surface area contributed by atoms with E-state index in [2.05, 4.69) is 20.8 Å². The summed E-state index contributed by atoms with van der Waals surface area (Å²) in [6.45, 7) is 7.95. The van der Waals surface area contributed by atoms with Gasteiger partial charge in [0.15, 0.2) is 0 Å². The van der Waals surface area contributed by atoms with Crippen LogP contribution in [0.4, 0.5) is 0 Å². The number of carbonyl (C=O) groups excluding carboxylic acids is 1. The zero-order valence-corrected chi connectivity index (χ0v) is 11.3. The Kier molecular flexibility index (Phi) is 2.30. The third kappa shape index (κ3) is 1.46. The lowest BCUT2D eigenvalue weighted by molar-refractivity contribution is -0.136. The fourth-order valence-corrected chi connectivity index (χ4v) is 5.10. The number of aldehydes is 1. The van der Waals surface area contributed by atoms with Crippen molar-refractivity contribution < 1.29 is 9.53 Å². The Labute approximate surface area is 104 Å². The maximum atomic E-state index is 11.6. The number of hydrogen-bond donors (Lipinski definition) is 0. The molecule has 0 amide bonds. The van der Waals surface area contributed by atoms with Gasteiger partial charge in [-0.2, -0.15) is 0 Å². The average Bonchev–Trinajstić information content (AvgIpc) is 2.97. The van der Waals surface area contributed by atoms with Gasteiger partial charge in [-0.05, 0) is 42.4 Å². The van der Waals surface area contributed by atoms with Gasteiger partial charge in [-0.3, -0.25) is 0 Å². The molecule has 3 rings (SSSR count). The number of epoxide rings is 1. The number of fused-ring (bicyclic) bond motifs is 1. The number of carbonyl (C=O) groups is 1. The van der Waals surface area contributed by atoms with Crippen molar-refractivity contribution >= 4 is 6.29 Å². The standard InChI is InChI=1S/C15H24O2/c1-13(2)6-4-7-14(3)11(13)5-8-15(10-17-15)12(14)9-16/h9,11-12H,4-8,10H2,1-3H3/t11-,12+,14-,15-/m0/s1. The minimum absolute atomic E-state index is 0.0551. The molecule has 1 saturated heterocycles. The van der Waals surface area contributed by atoms with Crippen molar-refractivity contribution in [2.75, 3.05) is 6.61 Å². The third-order valence-corrected chi connectivity index (χ3v) is 6.06. The molecule has 0 aromatic rings. The Bertz CT molecular complexity index is 343. The molecule has 0 aromatic heterocycles. The van der Waals surface area contributed by atoms with Crippen molar-refractivity contribution in [3.05, 3.63) is 0 Å². The smallest absolute Gasteiger partial charge is 0.126 e. The molecule has 2 heteroatoms. The Morgan fingerprint density at radius 2 is 1.88 bits per heavy atom. The van der Waals surface area contributed by atoms with E-state index >= 15 is 0 Å². The average molecular weight is 236 g/mol. The molecule has 2 saturated carbocycles. The van der Waals surface area contributed by atoms with Crippen LogP contribution >= 0.6 is 0 Å². The van der Waals surface area contributed by atoms with E-state index in [1.54, 1.807) is 0 Å². The van der Waals surface area contributed by atoms with Gasteiger partial charge < -0.3 is 9.53 Å². The molecule has 3 fully saturated rings. The summed E-state index contributed by atoms with van der Waals surface area (Å²) in [6, 6.07) is 0. The molecule has 3 aliphatic rings. The van der Waals surface area contributed by atoms with Gasteiger partial charge in [0.2, 0.25) is 0 Å². The molecule has 4 atom stereocenters. The van der Waals surface area contributed by atoms with Gasteiger partial charge in [0.25, 0.3) is 0 Å². The molecule has 1 heterocycles. The predicted molar refractivity (Wildman–Crippen MR) is 66.7 cm³/mol. The number of rotatable bonds is 1. The molecule has 0 bridgehead atoms. The minimum Gasteiger partial charge on any atom is -0.369 e. The highest BCUT2D eigenvalue weighted by Gasteiger charge is 2.65. The van der Waals surface area contributed by atoms with Crippen LogP contribution in [-0.2, 0) is 9.53 Å². The van der Waals surface area contributed by atoms with Crippen LogP contribution in [0.3, 0.4) is 0 Å². The highest BCUT2D eigenvalue weighted by molar-refractivity contribution is 5.59. The van der Waals surface area contributed by atoms with Crippen molar-refractivity contribution in [3.63, 3.8) is 0 Å². The second-order valence-electron chi connectivity index (χ2n) is 7.41. The molecule has 0 aromatic carbocycles. The van der Waals surface area contributed by atoms with Crippen molar-refractivity contribution in [1.82, 2.24) is 0 Å². The van der Waals surface area contributed by atoms with Crippen molar-refractivity contribution in [2.24, 2.45) is 22.7 Å². The Morgan fingerprint density at radius 3 is 2.47 bits per heavy atom. The van der Waals surface area contributed by atoms with E-state index in [1.807, 2.05) is 0 Å². The van der Waals surface area contributed by atoms with E-state index in [4.69, 9.17) is 4.74 Å². The molecule has 1 aliphatic heterocycles. The van der Waals surface area contributed by atoms with Crippen LogP contribution < -0.4 is 0 Å². The fourth-order valence-electron chi connectivity index (χ4n) is 5.10. The van der Waals surface area contributed by atoms with E-state index in [1.165, 1.54) is 32.0 Å². The van der Waals surface area contributed by atoms with Crippen LogP contribution in [0.25, 0.3) is 0 Å². The molecule has 0 N–H and O–H groups in total. The maximum absolute atomic E-state index is 11.6. The van der Waals surface area contributed by atoms with Gasteiger partial charge in [-0.15, -0.1) is 0 Å². The van der Waals surface area contributed by atoms with Gasteiger partial charge >= 0.3 is 0 Å². The molecular formula is C15H24O2. The van der Waals surface area contributed by atoms with Gasteiger partial charge in [0.05, 0.1) is 12.5 Å². The Hall–Kier alpha value is -0.370. The monoisotopic (exact) mass is 236 g/mol. The van der Waals surface area contributed by atoms with Crippen LogP contribution in [0.5, 0.6) is 0 Å². The molecular weight excluding hydrogens is 212 g/mol. The van der Waals surface area contributed by atoms with E-state index in [-0.39, 0.29) is 16.9 Å². The van der Waals surface area contributed by atoms with E-state index in [0.717, 1.165) is 13.0 Å². The quantitative estimate of drug-likeness (QED) is 0.517. The minimum atomic E-state index is -0.0551. The van der Waals surface area contributed by atoms with Crippen LogP contribution in [0.1, 0.15) is 52.9 Å². The third-order valence-electron chi connectivity index (χ3n) is 6.06. The molecule has 96 valence electrons. The van der Waals surface area contributed by atoms with Crippen LogP contribution in [0, 0.1) is 22.7 Å². The van der Waals surface area contributed by atoms with Gasteiger partial charge in [-0.25, -0.2) is 0 Å². The summed E-state index contributed by atoms with van der Waals surface area (Å²) in [7, 11) is 0. The topological polar surface area (TPSA) is 29.6 Å². The fraction of sp³-hybridized carbons (Fsp3) is 0.933. The molecule has 2 nitrogen and oxygen atoms in total. The Balaban J connectivity index is 1.98. The van der Waals surface area contributed by atoms with Gasteiger partial charge in [-0.1, -0.05) is 27.2 Å². The molecule has 2 aliphatic carbocycles. The van der Waals surface area contributed by atoms with Crippen LogP contribution in [0.15, 0.2) is 0 Å². The summed E-state index contributed by atoms with van der Waals surface area (Å²) in [4.78, 5) is 11.6. The second-order valence-corrected chi connectivity index (χ2v) is 7.41. The molecule has 1 spiro atoms. The second kappa shape index (κ2) is 3.34. The first-order valence-corrected chi connectivity index (χ1v) is 7.04. The maximum Gasteiger partial charge on any atom is 0.126 e. The summed E-state index contributed by atoms with van der Waals surface area (Å²) in [5.41, 5.74) is 0.517. The number of hydrogen-bond acceptors (Lipinski definition) is 2. The van der Waals surface area contributed by atoms with Crippen LogP contribution in [-0.4, -0.2) is 18.5 Å². The first-order chi connectivity index (χ1) is 7.95. The van der Waals surface area contributed by atoms with Gasteiger partial charge in [0.1, 0.15) is 11.9 Å². The zero-order valence-electron chi connectivity index (χ0n) is 11.3. The molecule has 17 heavy (non-hydrogen) atoms. The van der Waals surface area contributed by atoms with Crippen molar-refractivity contribution in [1.29, 1.82) is 0 Å². The lowest BCUT2D eigenvalue weighted by Crippen LogP contribution is -2.55. The zero-order chi connectivity index (χ0) is 12.3. The van der Waals surface area contributed by atoms with Crippen LogP contribution in [0.2, 0.25) is 0 Å². The summed E-state index contributed by atoms with van der Waals surface area (Å²) >= 11 is 0. The summed E-state index contributed by atoms with van der Waals surface area (Å²) in [5, 5.41) is 0. The van der Waals surface area contributed by atoms with E-state index in [0.29, 0.717) is 11.3 Å². The lowest BCUT2D eigenvalue weighted by Gasteiger charge is -2.57. The SMILES string of the molecule is CC1(C)CCC[C@@]2(C)[C@H]1CC[C@]1(CO1)[C@@H]2C=O. The van der Waals surface area contributed by atoms with Crippen molar-refractivity contribution in [2.45, 2.75) is 58.5 Å². The summed E-state index contributed by atoms with van der Waals surface area (Å²) < 4.78 is 5.69. The summed E-state index contributed by atoms with van der Waals surface area (Å²) in [5.74, 6) is 0.821. The summed E-state index contributed by atoms with van der Waals surface area (Å²) in [6.07, 6.45) is 7.33. The normalized spacial score (nSPS) is 51.9. The highest BCUT2D eigenvalue weighted by atomic mass is 16.6. The number of ether oxygens (including phenoxy) is 1. The Morgan fingerprint density at radius 1 is 1.18 bits per heavy atom. The lowest BCUT2D eigenvalue weighted by atomic mass is 9.46. The van der Waals surface area contributed by atoms with Gasteiger partial charge in [0, 0.05) is 0 Å². The first kappa shape index (κ1) is 11.7. The molecule has 0 radical (unpaired) electrons. The van der Waals surface area contributed by atoms with E-state index in [9.17, 15) is 4.79 Å². The predicted octanol–water partition coefficient (Wildman–Crippen LogP) is 3.20. The first-order valence-electron chi connectivity index (χ1n) is 7.04. The van der Waals surface area contributed by atoms with Crippen molar-refractivity contribution in [3.8, 4) is 0 Å². The molecule has 0 unspecified atom stereocenters. The highest BCUT2D eigenvalue weighted by Crippen LogP contribution is 2.64.